The van der Waals surface area contributed by atoms with Crippen molar-refractivity contribution in [2.45, 2.75) is 49.1 Å². The molecule has 0 radical (unpaired) electrons. The molecule has 2 heterocycles. The molecule has 1 aromatic heterocycles. The van der Waals surface area contributed by atoms with Crippen LogP contribution in [0.1, 0.15) is 37.2 Å². The van der Waals surface area contributed by atoms with E-state index < -0.39 is 16.0 Å². The number of halogens is 1. The molecule has 33 heavy (non-hydrogen) atoms. The molecule has 1 aliphatic heterocycles. The standard InChI is InChI=1S/C24H25ClN2O5S/c25-17-4-9-23-21(12-17)22(14-26(23)15-24(28)29)16-10-11-27(13-16)33(30,31)20-7-5-19(6-8-20)32-18-2-1-3-18/h4-9,12,14,16,18H,1-3,10-11,13,15H2,(H,28,29). The summed E-state index contributed by atoms with van der Waals surface area (Å²) in [5.41, 5.74) is 1.70. The van der Waals surface area contributed by atoms with Gasteiger partial charge in [-0.05, 0) is 73.7 Å². The predicted octanol–water partition coefficient (Wildman–Crippen LogP) is 4.49. The summed E-state index contributed by atoms with van der Waals surface area (Å²) in [6.07, 6.45) is 5.98. The van der Waals surface area contributed by atoms with Crippen molar-refractivity contribution in [3.63, 3.8) is 0 Å². The Morgan fingerprint density at radius 1 is 1.12 bits per heavy atom. The van der Waals surface area contributed by atoms with Crippen molar-refractivity contribution in [1.29, 1.82) is 0 Å². The molecular formula is C24H25ClN2O5S. The molecule has 9 heteroatoms. The lowest BCUT2D eigenvalue weighted by Gasteiger charge is -2.26. The zero-order valence-corrected chi connectivity index (χ0v) is 19.6. The van der Waals surface area contributed by atoms with Gasteiger partial charge >= 0.3 is 5.97 Å². The van der Waals surface area contributed by atoms with E-state index in [1.54, 1.807) is 41.0 Å². The molecule has 1 saturated heterocycles. The van der Waals surface area contributed by atoms with Gasteiger partial charge in [-0.25, -0.2) is 8.42 Å². The Morgan fingerprint density at radius 3 is 2.55 bits per heavy atom. The maximum absolute atomic E-state index is 13.3. The fourth-order valence-electron chi connectivity index (χ4n) is 4.62. The number of carbonyl (C=O) groups is 1. The quantitative estimate of drug-likeness (QED) is 0.529. The van der Waals surface area contributed by atoms with E-state index in [2.05, 4.69) is 0 Å². The molecule has 2 aliphatic rings. The van der Waals surface area contributed by atoms with Crippen molar-refractivity contribution in [2.75, 3.05) is 13.1 Å². The van der Waals surface area contributed by atoms with Crippen LogP contribution < -0.4 is 4.74 Å². The second-order valence-corrected chi connectivity index (χ2v) is 11.1. The summed E-state index contributed by atoms with van der Waals surface area (Å²) in [7, 11) is -3.64. The number of aliphatic carboxylic acids is 1. The first-order valence-corrected chi connectivity index (χ1v) is 12.9. The Hall–Kier alpha value is -2.55. The van der Waals surface area contributed by atoms with Crippen LogP contribution >= 0.6 is 11.6 Å². The van der Waals surface area contributed by atoms with Gasteiger partial charge in [-0.1, -0.05) is 11.6 Å². The van der Waals surface area contributed by atoms with E-state index in [1.807, 2.05) is 12.3 Å². The highest BCUT2D eigenvalue weighted by molar-refractivity contribution is 7.89. The first-order valence-electron chi connectivity index (χ1n) is 11.1. The summed E-state index contributed by atoms with van der Waals surface area (Å²) >= 11 is 6.21. The van der Waals surface area contributed by atoms with Crippen molar-refractivity contribution in [2.24, 2.45) is 0 Å². The molecule has 5 rings (SSSR count). The maximum Gasteiger partial charge on any atom is 0.323 e. The van der Waals surface area contributed by atoms with Crippen LogP contribution in [-0.2, 0) is 21.4 Å². The van der Waals surface area contributed by atoms with Gasteiger partial charge in [-0.2, -0.15) is 4.31 Å². The number of hydrogen-bond donors (Lipinski definition) is 1. The van der Waals surface area contributed by atoms with Crippen molar-refractivity contribution in [3.8, 4) is 5.75 Å². The average Bonchev–Trinajstić information content (AvgIpc) is 3.36. The highest BCUT2D eigenvalue weighted by atomic mass is 35.5. The Bertz CT molecular complexity index is 1300. The minimum atomic E-state index is -3.64. The van der Waals surface area contributed by atoms with E-state index in [-0.39, 0.29) is 23.5 Å². The van der Waals surface area contributed by atoms with Crippen LogP contribution in [-0.4, -0.2) is 47.6 Å². The van der Waals surface area contributed by atoms with E-state index in [0.29, 0.717) is 30.3 Å². The second kappa shape index (κ2) is 8.66. The highest BCUT2D eigenvalue weighted by Gasteiger charge is 2.34. The SMILES string of the molecule is O=C(O)Cn1cc(C2CCN(S(=O)(=O)c3ccc(OC4CCC4)cc3)C2)c2cc(Cl)ccc21. The lowest BCUT2D eigenvalue weighted by atomic mass is 9.96. The number of fused-ring (bicyclic) bond motifs is 1. The van der Waals surface area contributed by atoms with Crippen LogP contribution in [0.5, 0.6) is 5.75 Å². The smallest absolute Gasteiger partial charge is 0.323 e. The third kappa shape index (κ3) is 4.35. The maximum atomic E-state index is 13.3. The highest BCUT2D eigenvalue weighted by Crippen LogP contribution is 2.37. The van der Waals surface area contributed by atoms with E-state index >= 15 is 0 Å². The van der Waals surface area contributed by atoms with E-state index in [0.717, 1.165) is 29.3 Å². The number of carboxylic acids is 1. The minimum absolute atomic E-state index is 0.0444. The van der Waals surface area contributed by atoms with Crippen LogP contribution in [0.25, 0.3) is 10.9 Å². The van der Waals surface area contributed by atoms with Gasteiger partial charge in [-0.3, -0.25) is 4.79 Å². The average molecular weight is 489 g/mol. The van der Waals surface area contributed by atoms with Crippen molar-refractivity contribution >= 4 is 38.5 Å². The van der Waals surface area contributed by atoms with Crippen LogP contribution in [0.3, 0.4) is 0 Å². The minimum Gasteiger partial charge on any atom is -0.490 e. The van der Waals surface area contributed by atoms with Crippen LogP contribution in [0.15, 0.2) is 53.6 Å². The molecule has 1 unspecified atom stereocenters. The number of ether oxygens (including phenoxy) is 1. The van der Waals surface area contributed by atoms with Crippen molar-refractivity contribution in [3.05, 3.63) is 59.2 Å². The first-order chi connectivity index (χ1) is 15.8. The van der Waals surface area contributed by atoms with E-state index in [4.69, 9.17) is 16.3 Å². The van der Waals surface area contributed by atoms with Crippen LogP contribution in [0, 0.1) is 0 Å². The van der Waals surface area contributed by atoms with Crippen molar-refractivity contribution in [1.82, 2.24) is 8.87 Å². The number of benzene rings is 2. The number of carboxylic acid groups (broad SMARTS) is 1. The Kier molecular flexibility index (Phi) is 5.84. The number of aromatic nitrogens is 1. The molecular weight excluding hydrogens is 464 g/mol. The van der Waals surface area contributed by atoms with Gasteiger partial charge in [-0.15, -0.1) is 0 Å². The first kappa shape index (κ1) is 22.3. The van der Waals surface area contributed by atoms with Gasteiger partial charge in [0.2, 0.25) is 10.0 Å². The third-order valence-electron chi connectivity index (χ3n) is 6.59. The molecule has 7 nitrogen and oxygen atoms in total. The summed E-state index contributed by atoms with van der Waals surface area (Å²) in [4.78, 5) is 11.6. The zero-order valence-electron chi connectivity index (χ0n) is 18.0. The Labute approximate surface area is 197 Å². The normalized spacial score (nSPS) is 19.6. The second-order valence-electron chi connectivity index (χ2n) is 8.76. The molecule has 0 bridgehead atoms. The van der Waals surface area contributed by atoms with E-state index in [9.17, 15) is 18.3 Å². The monoisotopic (exact) mass is 488 g/mol. The summed E-state index contributed by atoms with van der Waals surface area (Å²) < 4.78 is 35.5. The number of nitrogens with zero attached hydrogens (tertiary/aromatic N) is 2. The van der Waals surface area contributed by atoms with Crippen LogP contribution in [0.2, 0.25) is 5.02 Å². The molecule has 2 fully saturated rings. The van der Waals surface area contributed by atoms with E-state index in [1.165, 1.54) is 10.7 Å². The Morgan fingerprint density at radius 2 is 1.88 bits per heavy atom. The molecule has 1 N–H and O–H groups in total. The number of rotatable bonds is 7. The molecule has 0 spiro atoms. The molecule has 3 aromatic rings. The van der Waals surface area contributed by atoms with Gasteiger partial charge in [0.1, 0.15) is 12.3 Å². The number of sulfonamides is 1. The molecule has 1 atom stereocenters. The topological polar surface area (TPSA) is 88.8 Å². The lowest BCUT2D eigenvalue weighted by molar-refractivity contribution is -0.137. The fraction of sp³-hybridized carbons (Fsp3) is 0.375. The van der Waals surface area contributed by atoms with Gasteiger partial charge in [0.05, 0.1) is 11.0 Å². The summed E-state index contributed by atoms with van der Waals surface area (Å²) in [6, 6.07) is 12.0. The van der Waals surface area contributed by atoms with Gasteiger partial charge in [0.15, 0.2) is 0 Å². The summed E-state index contributed by atoms with van der Waals surface area (Å²) in [5, 5.41) is 10.7. The third-order valence-corrected chi connectivity index (χ3v) is 8.70. The van der Waals surface area contributed by atoms with Crippen molar-refractivity contribution < 1.29 is 23.1 Å². The molecule has 2 aromatic carbocycles. The molecule has 174 valence electrons. The fourth-order valence-corrected chi connectivity index (χ4v) is 6.29. The lowest BCUT2D eigenvalue weighted by Crippen LogP contribution is -2.28. The summed E-state index contributed by atoms with van der Waals surface area (Å²) in [6.45, 7) is 0.572. The van der Waals surface area contributed by atoms with Gasteiger partial charge in [0, 0.05) is 41.1 Å². The molecule has 1 aliphatic carbocycles. The predicted molar refractivity (Wildman–Crippen MR) is 125 cm³/mol. The number of hydrogen-bond acceptors (Lipinski definition) is 4. The van der Waals surface area contributed by atoms with Crippen LogP contribution in [0.4, 0.5) is 0 Å². The van der Waals surface area contributed by atoms with Gasteiger partial charge in [0.25, 0.3) is 0 Å². The van der Waals surface area contributed by atoms with Gasteiger partial charge < -0.3 is 14.4 Å². The zero-order chi connectivity index (χ0) is 23.2. The summed E-state index contributed by atoms with van der Waals surface area (Å²) in [5.74, 6) is -0.285. The Balaban J connectivity index is 1.37. The largest absolute Gasteiger partial charge is 0.490 e. The molecule has 1 saturated carbocycles. The molecule has 0 amide bonds.